The third kappa shape index (κ3) is 6.82. The molecular formula is C25H23NO5. The maximum atomic E-state index is 12.1. The van der Waals surface area contributed by atoms with E-state index in [9.17, 15) is 9.59 Å². The Bertz CT molecular complexity index is 1100. The molecule has 0 aliphatic carbocycles. The van der Waals surface area contributed by atoms with Crippen molar-refractivity contribution in [3.63, 3.8) is 0 Å². The Morgan fingerprint density at radius 1 is 1.03 bits per heavy atom. The fourth-order valence-electron chi connectivity index (χ4n) is 2.75. The number of furan rings is 1. The molecule has 2 heterocycles. The van der Waals surface area contributed by atoms with Gasteiger partial charge in [-0.3, -0.25) is 14.6 Å². The summed E-state index contributed by atoms with van der Waals surface area (Å²) in [5.74, 6) is 1.91. The minimum atomic E-state index is -0.303. The van der Waals surface area contributed by atoms with Crippen LogP contribution < -0.4 is 9.47 Å². The summed E-state index contributed by atoms with van der Waals surface area (Å²) in [4.78, 5) is 28.3. The Labute approximate surface area is 180 Å². The lowest BCUT2D eigenvalue weighted by molar-refractivity contribution is -0.121. The maximum absolute atomic E-state index is 12.1. The van der Waals surface area contributed by atoms with Crippen LogP contribution in [-0.4, -0.2) is 23.7 Å². The van der Waals surface area contributed by atoms with Gasteiger partial charge in [-0.05, 0) is 67.6 Å². The molecule has 6 heteroatoms. The summed E-state index contributed by atoms with van der Waals surface area (Å²) in [7, 11) is 1.54. The molecule has 0 fully saturated rings. The van der Waals surface area contributed by atoms with Crippen LogP contribution in [0.5, 0.6) is 11.5 Å². The van der Waals surface area contributed by atoms with Crippen LogP contribution in [0.2, 0.25) is 0 Å². The molecule has 1 aromatic carbocycles. The molecule has 0 aliphatic rings. The number of nitrogens with zero attached hydrogens (tertiary/aromatic N) is 1. The van der Waals surface area contributed by atoms with Gasteiger partial charge in [0.05, 0.1) is 19.2 Å². The van der Waals surface area contributed by atoms with Crippen molar-refractivity contribution < 1.29 is 23.5 Å². The predicted molar refractivity (Wildman–Crippen MR) is 118 cm³/mol. The average Bonchev–Trinajstić information content (AvgIpc) is 3.21. The lowest BCUT2D eigenvalue weighted by Crippen LogP contribution is -2.02. The van der Waals surface area contributed by atoms with Crippen molar-refractivity contribution in [1.29, 1.82) is 0 Å². The van der Waals surface area contributed by atoms with Crippen LogP contribution in [0.3, 0.4) is 0 Å². The van der Waals surface area contributed by atoms with E-state index in [4.69, 9.17) is 13.9 Å². The number of allylic oxidation sites excluding steroid dienone is 2. The summed E-state index contributed by atoms with van der Waals surface area (Å²) in [6.07, 6.45) is 7.38. The molecular weight excluding hydrogens is 394 g/mol. The lowest BCUT2D eigenvalue weighted by Gasteiger charge is -2.09. The van der Waals surface area contributed by atoms with E-state index in [2.05, 4.69) is 4.98 Å². The molecule has 0 atom stereocenters. The largest absolute Gasteiger partial charge is 0.496 e. The van der Waals surface area contributed by atoms with E-state index in [-0.39, 0.29) is 18.0 Å². The fraction of sp³-hybridized carbons (Fsp3) is 0.160. The zero-order valence-corrected chi connectivity index (χ0v) is 17.4. The van der Waals surface area contributed by atoms with Gasteiger partial charge in [0.2, 0.25) is 0 Å². The van der Waals surface area contributed by atoms with Crippen molar-refractivity contribution in [2.75, 3.05) is 7.11 Å². The molecule has 0 aliphatic heterocycles. The number of pyridine rings is 1. The predicted octanol–water partition coefficient (Wildman–Crippen LogP) is 4.83. The van der Waals surface area contributed by atoms with Gasteiger partial charge < -0.3 is 13.9 Å². The van der Waals surface area contributed by atoms with Crippen LogP contribution >= 0.6 is 0 Å². The summed E-state index contributed by atoms with van der Waals surface area (Å²) in [6, 6.07) is 14.5. The molecule has 3 aromatic rings. The number of carbonyl (C=O) groups excluding carboxylic acids is 2. The third-order valence-electron chi connectivity index (χ3n) is 4.31. The number of benzene rings is 1. The van der Waals surface area contributed by atoms with Crippen molar-refractivity contribution in [3.8, 4) is 11.5 Å². The van der Waals surface area contributed by atoms with E-state index in [0.717, 1.165) is 11.5 Å². The molecule has 0 unspecified atom stereocenters. The first-order valence-electron chi connectivity index (χ1n) is 9.72. The first-order valence-corrected chi connectivity index (χ1v) is 9.72. The Morgan fingerprint density at radius 2 is 1.84 bits per heavy atom. The average molecular weight is 417 g/mol. The molecule has 0 bridgehead atoms. The van der Waals surface area contributed by atoms with Crippen LogP contribution in [0.25, 0.3) is 12.2 Å². The van der Waals surface area contributed by atoms with Gasteiger partial charge in [-0.2, -0.15) is 0 Å². The number of ketones is 2. The highest BCUT2D eigenvalue weighted by Gasteiger charge is 2.07. The van der Waals surface area contributed by atoms with Crippen molar-refractivity contribution in [2.24, 2.45) is 0 Å². The topological polar surface area (TPSA) is 78.6 Å². The molecule has 0 radical (unpaired) electrons. The number of aromatic nitrogens is 1. The summed E-state index contributed by atoms with van der Waals surface area (Å²) in [5, 5.41) is 0. The Hall–Kier alpha value is -3.93. The SMILES string of the molecule is COc1cc(OCc2ccccn2)ccc1C=CC(=O)CC(=O)C=Cc1ccc(C)o1. The van der Waals surface area contributed by atoms with Gasteiger partial charge in [-0.1, -0.05) is 6.07 Å². The number of ether oxygens (including phenoxy) is 2. The highest BCUT2D eigenvalue weighted by atomic mass is 16.5. The summed E-state index contributed by atoms with van der Waals surface area (Å²) < 4.78 is 16.5. The van der Waals surface area contributed by atoms with Crippen molar-refractivity contribution in [1.82, 2.24) is 4.98 Å². The fourth-order valence-corrected chi connectivity index (χ4v) is 2.75. The Kier molecular flexibility index (Phi) is 7.54. The van der Waals surface area contributed by atoms with E-state index in [1.54, 1.807) is 55.8 Å². The molecule has 2 aromatic heterocycles. The number of hydrogen-bond donors (Lipinski definition) is 0. The number of rotatable bonds is 10. The first kappa shape index (κ1) is 21.8. The van der Waals surface area contributed by atoms with E-state index >= 15 is 0 Å². The third-order valence-corrected chi connectivity index (χ3v) is 4.31. The van der Waals surface area contributed by atoms with Crippen LogP contribution in [0.4, 0.5) is 0 Å². The monoisotopic (exact) mass is 417 g/mol. The molecule has 158 valence electrons. The van der Waals surface area contributed by atoms with Crippen LogP contribution in [0.15, 0.2) is 71.3 Å². The normalized spacial score (nSPS) is 11.2. The quantitative estimate of drug-likeness (QED) is 0.347. The summed E-state index contributed by atoms with van der Waals surface area (Å²) >= 11 is 0. The summed E-state index contributed by atoms with van der Waals surface area (Å²) in [6.45, 7) is 2.16. The second-order valence-electron chi connectivity index (χ2n) is 6.74. The first-order chi connectivity index (χ1) is 15.0. The van der Waals surface area contributed by atoms with Gasteiger partial charge in [-0.25, -0.2) is 0 Å². The zero-order chi connectivity index (χ0) is 22.1. The number of methoxy groups -OCH3 is 1. The van der Waals surface area contributed by atoms with Gasteiger partial charge in [0, 0.05) is 17.8 Å². The van der Waals surface area contributed by atoms with Gasteiger partial charge in [-0.15, -0.1) is 0 Å². The van der Waals surface area contributed by atoms with Crippen LogP contribution in [0.1, 0.15) is 29.2 Å². The van der Waals surface area contributed by atoms with Crippen LogP contribution in [-0.2, 0) is 16.2 Å². The van der Waals surface area contributed by atoms with E-state index in [1.165, 1.54) is 12.2 Å². The van der Waals surface area contributed by atoms with E-state index < -0.39 is 0 Å². The Morgan fingerprint density at radius 3 is 2.52 bits per heavy atom. The number of carbonyl (C=O) groups is 2. The highest BCUT2D eigenvalue weighted by molar-refractivity contribution is 6.10. The van der Waals surface area contributed by atoms with Crippen molar-refractivity contribution in [3.05, 3.63) is 89.7 Å². The highest BCUT2D eigenvalue weighted by Crippen LogP contribution is 2.26. The van der Waals surface area contributed by atoms with Gasteiger partial charge in [0.15, 0.2) is 11.6 Å². The minimum absolute atomic E-state index is 0.222. The van der Waals surface area contributed by atoms with Crippen molar-refractivity contribution >= 4 is 23.7 Å². The molecule has 6 nitrogen and oxygen atoms in total. The van der Waals surface area contributed by atoms with Gasteiger partial charge in [0.1, 0.15) is 29.6 Å². The number of aryl methyl sites for hydroxylation is 1. The molecule has 0 amide bonds. The smallest absolute Gasteiger partial charge is 0.163 e. The standard InChI is InChI=1S/C25H23NO5/c1-18-6-11-23(31-18)13-10-22(28)15-21(27)9-7-19-8-12-24(16-25(19)29-2)30-17-20-5-3-4-14-26-20/h3-14,16H,15,17H2,1-2H3. The minimum Gasteiger partial charge on any atom is -0.496 e. The molecule has 0 saturated carbocycles. The van der Waals surface area contributed by atoms with Gasteiger partial charge in [0.25, 0.3) is 0 Å². The summed E-state index contributed by atoms with van der Waals surface area (Å²) in [5.41, 5.74) is 1.52. The molecule has 0 spiro atoms. The molecule has 0 saturated heterocycles. The maximum Gasteiger partial charge on any atom is 0.163 e. The van der Waals surface area contributed by atoms with Crippen molar-refractivity contribution in [2.45, 2.75) is 20.0 Å². The number of hydrogen-bond acceptors (Lipinski definition) is 6. The zero-order valence-electron chi connectivity index (χ0n) is 17.4. The van der Waals surface area contributed by atoms with E-state index in [0.29, 0.717) is 29.4 Å². The lowest BCUT2D eigenvalue weighted by atomic mass is 10.1. The second kappa shape index (κ2) is 10.7. The Balaban J connectivity index is 1.56. The van der Waals surface area contributed by atoms with Gasteiger partial charge >= 0.3 is 0 Å². The second-order valence-corrected chi connectivity index (χ2v) is 6.74. The molecule has 31 heavy (non-hydrogen) atoms. The molecule has 0 N–H and O–H groups in total. The van der Waals surface area contributed by atoms with Crippen LogP contribution in [0, 0.1) is 6.92 Å². The molecule has 3 rings (SSSR count). The van der Waals surface area contributed by atoms with E-state index in [1.807, 2.05) is 25.1 Å².